The predicted molar refractivity (Wildman–Crippen MR) is 52.0 cm³/mol. The molecule has 0 amide bonds. The summed E-state index contributed by atoms with van der Waals surface area (Å²) in [4.78, 5) is 0. The Bertz CT molecular complexity index is 292. The van der Waals surface area contributed by atoms with Crippen LogP contribution in [0.25, 0.3) is 0 Å². The lowest BCUT2D eigenvalue weighted by Crippen LogP contribution is -2.25. The number of benzene rings is 1. The number of nitrogens with two attached hydrogens (primary N) is 1. The molecule has 0 aliphatic heterocycles. The summed E-state index contributed by atoms with van der Waals surface area (Å²) < 4.78 is 1.79. The first-order valence-electron chi connectivity index (χ1n) is 3.74. The molecule has 0 saturated carbocycles. The largest absolute Gasteiger partial charge is 0.308 e. The molecule has 0 aliphatic rings. The number of hydrazine groups is 1. The second-order valence-corrected chi connectivity index (χ2v) is 2.80. The molecule has 0 bridgehead atoms. The Kier molecular flexibility index (Phi) is 2.45. The van der Waals surface area contributed by atoms with E-state index >= 15 is 0 Å². The average Bonchev–Trinajstić information content (AvgIpc) is 2.04. The third-order valence-corrected chi connectivity index (χ3v) is 1.67. The van der Waals surface area contributed by atoms with E-state index in [9.17, 15) is 0 Å². The summed E-state index contributed by atoms with van der Waals surface area (Å²) in [6.07, 6.45) is 0. The molecule has 0 atom stereocenters. The minimum atomic E-state index is 0.968. The van der Waals surface area contributed by atoms with Gasteiger partial charge < -0.3 is 5.01 Å². The van der Waals surface area contributed by atoms with Gasteiger partial charge in [0.15, 0.2) is 0 Å². The quantitative estimate of drug-likeness (QED) is 0.306. The Morgan fingerprint density at radius 1 is 1.42 bits per heavy atom. The molecular formula is C9H14N3+. The smallest absolute Gasteiger partial charge is 0.229 e. The van der Waals surface area contributed by atoms with E-state index in [1.54, 1.807) is 9.58 Å². The van der Waals surface area contributed by atoms with Crippen LogP contribution in [0.3, 0.4) is 0 Å². The summed E-state index contributed by atoms with van der Waals surface area (Å²) in [5, 5.41) is 1.58. The summed E-state index contributed by atoms with van der Waals surface area (Å²) in [5.41, 5.74) is 1.98. The number of anilines is 1. The van der Waals surface area contributed by atoms with Crippen LogP contribution in [0.2, 0.25) is 0 Å². The minimum Gasteiger partial charge on any atom is -0.308 e. The Morgan fingerprint density at radius 2 is 2.00 bits per heavy atom. The molecule has 0 spiro atoms. The molecule has 3 heteroatoms. The second kappa shape index (κ2) is 3.36. The first kappa shape index (κ1) is 8.74. The van der Waals surface area contributed by atoms with Crippen molar-refractivity contribution in [2.45, 2.75) is 0 Å². The molecule has 64 valence electrons. The van der Waals surface area contributed by atoms with Crippen LogP contribution >= 0.6 is 0 Å². The van der Waals surface area contributed by atoms with Gasteiger partial charge in [0, 0.05) is 13.1 Å². The zero-order valence-corrected chi connectivity index (χ0v) is 7.49. The highest BCUT2D eigenvalue weighted by atomic mass is 15.4. The van der Waals surface area contributed by atoms with E-state index in [2.05, 4.69) is 6.72 Å². The van der Waals surface area contributed by atoms with Gasteiger partial charge in [-0.2, -0.15) is 0 Å². The Labute approximate surface area is 72.7 Å². The fourth-order valence-corrected chi connectivity index (χ4v) is 1.09. The number of hydrogen-bond acceptors (Lipinski definition) is 2. The molecule has 0 aromatic heterocycles. The van der Waals surface area contributed by atoms with Crippen molar-refractivity contribution >= 4 is 18.1 Å². The second-order valence-electron chi connectivity index (χ2n) is 2.80. The first-order valence-corrected chi connectivity index (χ1v) is 3.74. The molecular weight excluding hydrogens is 150 g/mol. The fraction of sp³-hybridized carbons (Fsp3) is 0.222. The van der Waals surface area contributed by atoms with Gasteiger partial charge >= 0.3 is 0 Å². The highest BCUT2D eigenvalue weighted by Gasteiger charge is 2.09. The van der Waals surface area contributed by atoms with Crippen molar-refractivity contribution in [2.24, 2.45) is 5.84 Å². The van der Waals surface area contributed by atoms with Crippen molar-refractivity contribution < 1.29 is 4.58 Å². The van der Waals surface area contributed by atoms with Crippen LogP contribution in [-0.2, 0) is 0 Å². The van der Waals surface area contributed by atoms with Gasteiger partial charge in [-0.15, -0.1) is 0 Å². The van der Waals surface area contributed by atoms with E-state index in [4.69, 9.17) is 5.84 Å². The summed E-state index contributed by atoms with van der Waals surface area (Å²) in [5.74, 6) is 5.63. The van der Waals surface area contributed by atoms with Crippen LogP contribution < -0.4 is 10.9 Å². The standard InChI is InChI=1S/C9H14N3/c1-11(2)8-6-4-5-7-9(8)12(3)10/h4-7H,1,10H2,2-3H3/q+1. The van der Waals surface area contributed by atoms with Crippen molar-refractivity contribution in [3.63, 3.8) is 0 Å². The van der Waals surface area contributed by atoms with Crippen molar-refractivity contribution in [2.75, 3.05) is 19.1 Å². The Morgan fingerprint density at radius 3 is 2.42 bits per heavy atom. The zero-order chi connectivity index (χ0) is 9.14. The van der Waals surface area contributed by atoms with Gasteiger partial charge in [0.05, 0.1) is 0 Å². The first-order chi connectivity index (χ1) is 5.63. The van der Waals surface area contributed by atoms with Gasteiger partial charge in [-0.1, -0.05) is 12.1 Å². The van der Waals surface area contributed by atoms with E-state index < -0.39 is 0 Å². The van der Waals surface area contributed by atoms with Gasteiger partial charge in [0.2, 0.25) is 5.69 Å². The lowest BCUT2D eigenvalue weighted by atomic mass is 10.2. The van der Waals surface area contributed by atoms with Gasteiger partial charge in [-0.05, 0) is 6.07 Å². The maximum Gasteiger partial charge on any atom is 0.229 e. The SMILES string of the molecule is C=[N+](C)c1ccccc1N(C)N. The van der Waals surface area contributed by atoms with Crippen LogP contribution in [0.4, 0.5) is 11.4 Å². The molecule has 12 heavy (non-hydrogen) atoms. The van der Waals surface area contributed by atoms with Gasteiger partial charge in [-0.3, -0.25) is 0 Å². The number of nitrogens with zero attached hydrogens (tertiary/aromatic N) is 2. The molecule has 0 fully saturated rings. The summed E-state index contributed by atoms with van der Waals surface area (Å²) in [6.45, 7) is 3.80. The molecule has 2 N–H and O–H groups in total. The van der Waals surface area contributed by atoms with E-state index in [-0.39, 0.29) is 0 Å². The number of hydrogen-bond donors (Lipinski definition) is 1. The summed E-state index contributed by atoms with van der Waals surface area (Å²) >= 11 is 0. The van der Waals surface area contributed by atoms with Crippen LogP contribution in [0.5, 0.6) is 0 Å². The highest BCUT2D eigenvalue weighted by molar-refractivity contribution is 5.62. The van der Waals surface area contributed by atoms with Crippen LogP contribution in [0.1, 0.15) is 0 Å². The molecule has 0 aliphatic carbocycles. The van der Waals surface area contributed by atoms with Gasteiger partial charge in [0.1, 0.15) is 19.5 Å². The van der Waals surface area contributed by atoms with Crippen LogP contribution in [-0.4, -0.2) is 25.4 Å². The molecule has 0 radical (unpaired) electrons. The predicted octanol–water partition coefficient (Wildman–Crippen LogP) is 0.971. The molecule has 3 nitrogen and oxygen atoms in total. The van der Waals surface area contributed by atoms with E-state index in [1.807, 2.05) is 38.4 Å². The third-order valence-electron chi connectivity index (χ3n) is 1.67. The van der Waals surface area contributed by atoms with Crippen LogP contribution in [0.15, 0.2) is 24.3 Å². The fourth-order valence-electron chi connectivity index (χ4n) is 1.09. The summed E-state index contributed by atoms with van der Waals surface area (Å²) in [6, 6.07) is 7.85. The maximum atomic E-state index is 5.63. The van der Waals surface area contributed by atoms with E-state index in [0.717, 1.165) is 11.4 Å². The molecule has 0 unspecified atom stereocenters. The molecule has 0 saturated heterocycles. The normalized spacial score (nSPS) is 9.58. The monoisotopic (exact) mass is 164 g/mol. The molecule has 1 aromatic rings. The van der Waals surface area contributed by atoms with Crippen LogP contribution in [0, 0.1) is 0 Å². The molecule has 1 rings (SSSR count). The number of rotatable bonds is 2. The average molecular weight is 164 g/mol. The molecule has 0 heterocycles. The topological polar surface area (TPSA) is 32.3 Å². The Balaban J connectivity index is 3.17. The summed E-state index contributed by atoms with van der Waals surface area (Å²) in [7, 11) is 3.70. The zero-order valence-electron chi connectivity index (χ0n) is 7.49. The van der Waals surface area contributed by atoms with E-state index in [1.165, 1.54) is 0 Å². The van der Waals surface area contributed by atoms with Crippen molar-refractivity contribution in [1.82, 2.24) is 0 Å². The van der Waals surface area contributed by atoms with Crippen molar-refractivity contribution in [3.05, 3.63) is 24.3 Å². The van der Waals surface area contributed by atoms with Gasteiger partial charge in [0.25, 0.3) is 0 Å². The molecule has 1 aromatic carbocycles. The minimum absolute atomic E-state index is 0.968. The lowest BCUT2D eigenvalue weighted by Gasteiger charge is -2.12. The number of para-hydroxylation sites is 2. The van der Waals surface area contributed by atoms with E-state index in [0.29, 0.717) is 0 Å². The highest BCUT2D eigenvalue weighted by Crippen LogP contribution is 2.23. The maximum absolute atomic E-state index is 5.63. The van der Waals surface area contributed by atoms with Crippen molar-refractivity contribution in [1.29, 1.82) is 0 Å². The Hall–Kier alpha value is -1.35. The van der Waals surface area contributed by atoms with Gasteiger partial charge in [-0.25, -0.2) is 10.4 Å². The lowest BCUT2D eigenvalue weighted by molar-refractivity contribution is -0.393. The third kappa shape index (κ3) is 1.62. The van der Waals surface area contributed by atoms with Crippen molar-refractivity contribution in [3.8, 4) is 0 Å².